The molecule has 0 aliphatic rings. The van der Waals surface area contributed by atoms with Gasteiger partial charge in [0.25, 0.3) is 0 Å². The van der Waals surface area contributed by atoms with Crippen LogP contribution < -0.4 is 5.32 Å². The highest BCUT2D eigenvalue weighted by Crippen LogP contribution is 2.26. The zero-order chi connectivity index (χ0) is 14.6. The molecule has 6 heteroatoms. The van der Waals surface area contributed by atoms with Crippen molar-refractivity contribution in [2.45, 2.75) is 31.2 Å². The minimum atomic E-state index is -3.24. The number of hydrogen-bond acceptors (Lipinski definition) is 4. The average molecular weight is 293 g/mol. The van der Waals surface area contributed by atoms with Crippen molar-refractivity contribution in [2.75, 3.05) is 11.1 Å². The Balaban J connectivity index is 2.29. The van der Waals surface area contributed by atoms with E-state index in [1.165, 1.54) is 0 Å². The van der Waals surface area contributed by atoms with E-state index in [-0.39, 0.29) is 11.8 Å². The van der Waals surface area contributed by atoms with Gasteiger partial charge in [-0.1, -0.05) is 19.1 Å². The van der Waals surface area contributed by atoms with Gasteiger partial charge in [-0.15, -0.1) is 0 Å². The summed E-state index contributed by atoms with van der Waals surface area (Å²) in [5.74, 6) is 0.159. The summed E-state index contributed by atoms with van der Waals surface area (Å²) >= 11 is 0. The fraction of sp³-hybridized carbons (Fsp3) is 0.357. The Labute approximate surface area is 119 Å². The molecule has 2 rings (SSSR count). The molecule has 2 N–H and O–H groups in total. The van der Waals surface area contributed by atoms with Gasteiger partial charge in [-0.3, -0.25) is 5.10 Å². The fourth-order valence-electron chi connectivity index (χ4n) is 2.05. The summed E-state index contributed by atoms with van der Waals surface area (Å²) in [6.07, 6.45) is 4.12. The molecule has 0 saturated heterocycles. The molecule has 0 aliphatic carbocycles. The van der Waals surface area contributed by atoms with Crippen molar-refractivity contribution in [1.82, 2.24) is 10.2 Å². The minimum absolute atomic E-state index is 0.0215. The fourth-order valence-corrected chi connectivity index (χ4v) is 3.56. The Morgan fingerprint density at radius 2 is 2.10 bits per heavy atom. The average Bonchev–Trinajstić information content (AvgIpc) is 2.93. The van der Waals surface area contributed by atoms with Crippen LogP contribution in [-0.2, 0) is 9.84 Å². The van der Waals surface area contributed by atoms with Crippen LogP contribution in [0.2, 0.25) is 0 Å². The topological polar surface area (TPSA) is 74.8 Å². The van der Waals surface area contributed by atoms with Crippen molar-refractivity contribution in [3.63, 3.8) is 0 Å². The number of nitrogens with zero attached hydrogens (tertiary/aromatic N) is 1. The Morgan fingerprint density at radius 1 is 1.35 bits per heavy atom. The van der Waals surface area contributed by atoms with Gasteiger partial charge < -0.3 is 5.32 Å². The first-order valence-electron chi connectivity index (χ1n) is 6.61. The largest absolute Gasteiger partial charge is 0.377 e. The molecule has 0 radical (unpaired) electrons. The number of benzene rings is 1. The molecule has 0 saturated carbocycles. The van der Waals surface area contributed by atoms with E-state index in [2.05, 4.69) is 15.5 Å². The Hall–Kier alpha value is -1.82. The molecule has 0 fully saturated rings. The molecule has 0 aliphatic heterocycles. The third kappa shape index (κ3) is 3.19. The standard InChI is InChI=1S/C14H19N3O2S/c1-3-8-20(18,19)14-7-5-4-6-13(14)17-11(2)12-9-15-16-10-12/h4-7,9-11,17H,3,8H2,1-2H3,(H,15,16). The quantitative estimate of drug-likeness (QED) is 0.858. The highest BCUT2D eigenvalue weighted by molar-refractivity contribution is 7.91. The maximum absolute atomic E-state index is 12.3. The number of aromatic amines is 1. The maximum Gasteiger partial charge on any atom is 0.180 e. The molecule has 1 aromatic heterocycles. The minimum Gasteiger partial charge on any atom is -0.377 e. The van der Waals surface area contributed by atoms with Gasteiger partial charge in [0.2, 0.25) is 0 Å². The van der Waals surface area contributed by atoms with Crippen molar-refractivity contribution in [3.05, 3.63) is 42.2 Å². The van der Waals surface area contributed by atoms with E-state index in [0.29, 0.717) is 17.0 Å². The number of aromatic nitrogens is 2. The second kappa shape index (κ2) is 6.09. The number of nitrogens with one attached hydrogen (secondary N) is 2. The van der Waals surface area contributed by atoms with Crippen LogP contribution in [0.1, 0.15) is 31.9 Å². The molecule has 0 amide bonds. The van der Waals surface area contributed by atoms with E-state index >= 15 is 0 Å². The van der Waals surface area contributed by atoms with Gasteiger partial charge >= 0.3 is 0 Å². The summed E-state index contributed by atoms with van der Waals surface area (Å²) in [5.41, 5.74) is 1.61. The summed E-state index contributed by atoms with van der Waals surface area (Å²) in [6, 6.07) is 6.99. The van der Waals surface area contributed by atoms with Gasteiger partial charge in [0.1, 0.15) is 0 Å². The first-order chi connectivity index (χ1) is 9.54. The Morgan fingerprint density at radius 3 is 2.75 bits per heavy atom. The van der Waals surface area contributed by atoms with Crippen LogP contribution >= 0.6 is 0 Å². The van der Waals surface area contributed by atoms with Gasteiger partial charge in [0.15, 0.2) is 9.84 Å². The highest BCUT2D eigenvalue weighted by Gasteiger charge is 2.18. The zero-order valence-corrected chi connectivity index (χ0v) is 12.4. The Bertz CT molecular complexity index is 651. The number of H-pyrrole nitrogens is 1. The lowest BCUT2D eigenvalue weighted by molar-refractivity contribution is 0.595. The van der Waals surface area contributed by atoms with Crippen LogP contribution in [0.4, 0.5) is 5.69 Å². The van der Waals surface area contributed by atoms with Crippen molar-refractivity contribution in [1.29, 1.82) is 0 Å². The smallest absolute Gasteiger partial charge is 0.180 e. The van der Waals surface area contributed by atoms with Crippen molar-refractivity contribution >= 4 is 15.5 Å². The van der Waals surface area contributed by atoms with E-state index in [1.54, 1.807) is 30.6 Å². The monoisotopic (exact) mass is 293 g/mol. The lowest BCUT2D eigenvalue weighted by Gasteiger charge is -2.17. The number of rotatable bonds is 6. The molecule has 0 bridgehead atoms. The number of anilines is 1. The van der Waals surface area contributed by atoms with E-state index < -0.39 is 9.84 Å². The van der Waals surface area contributed by atoms with Gasteiger partial charge in [0, 0.05) is 11.8 Å². The lowest BCUT2D eigenvalue weighted by Crippen LogP contribution is -2.12. The van der Waals surface area contributed by atoms with E-state index in [9.17, 15) is 8.42 Å². The molecule has 5 nitrogen and oxygen atoms in total. The van der Waals surface area contributed by atoms with Crippen LogP contribution in [0.5, 0.6) is 0 Å². The first-order valence-corrected chi connectivity index (χ1v) is 8.27. The Kier molecular flexibility index (Phi) is 4.44. The number of para-hydroxylation sites is 1. The van der Waals surface area contributed by atoms with E-state index in [1.807, 2.05) is 19.9 Å². The summed E-state index contributed by atoms with van der Waals surface area (Å²) in [6.45, 7) is 3.83. The van der Waals surface area contributed by atoms with Gasteiger partial charge in [-0.25, -0.2) is 8.42 Å². The van der Waals surface area contributed by atoms with Crippen molar-refractivity contribution in [2.24, 2.45) is 0 Å². The van der Waals surface area contributed by atoms with E-state index in [4.69, 9.17) is 0 Å². The maximum atomic E-state index is 12.3. The van der Waals surface area contributed by atoms with Crippen LogP contribution in [-0.4, -0.2) is 24.4 Å². The molecule has 0 spiro atoms. The summed E-state index contributed by atoms with van der Waals surface area (Å²) in [4.78, 5) is 0.359. The van der Waals surface area contributed by atoms with Gasteiger partial charge in [-0.2, -0.15) is 5.10 Å². The van der Waals surface area contributed by atoms with Gasteiger partial charge in [0.05, 0.1) is 28.6 Å². The van der Waals surface area contributed by atoms with Crippen LogP contribution in [0.15, 0.2) is 41.6 Å². The second-order valence-electron chi connectivity index (χ2n) is 4.71. The van der Waals surface area contributed by atoms with Crippen molar-refractivity contribution in [3.8, 4) is 0 Å². The summed E-state index contributed by atoms with van der Waals surface area (Å²) < 4.78 is 24.5. The van der Waals surface area contributed by atoms with Crippen LogP contribution in [0.25, 0.3) is 0 Å². The SMILES string of the molecule is CCCS(=O)(=O)c1ccccc1NC(C)c1cn[nH]c1. The number of hydrogen-bond donors (Lipinski definition) is 2. The van der Waals surface area contributed by atoms with Crippen molar-refractivity contribution < 1.29 is 8.42 Å². The second-order valence-corrected chi connectivity index (χ2v) is 6.79. The third-order valence-electron chi connectivity index (χ3n) is 3.09. The van der Waals surface area contributed by atoms with E-state index in [0.717, 1.165) is 5.56 Å². The molecular formula is C14H19N3O2S. The molecule has 20 heavy (non-hydrogen) atoms. The first kappa shape index (κ1) is 14.6. The highest BCUT2D eigenvalue weighted by atomic mass is 32.2. The molecule has 108 valence electrons. The lowest BCUT2D eigenvalue weighted by atomic mass is 10.2. The van der Waals surface area contributed by atoms with Crippen LogP contribution in [0, 0.1) is 0 Å². The van der Waals surface area contributed by atoms with Gasteiger partial charge in [-0.05, 0) is 25.5 Å². The zero-order valence-electron chi connectivity index (χ0n) is 11.6. The van der Waals surface area contributed by atoms with Crippen LogP contribution in [0.3, 0.4) is 0 Å². The summed E-state index contributed by atoms with van der Waals surface area (Å²) in [7, 11) is -3.24. The molecule has 1 aromatic carbocycles. The predicted molar refractivity (Wildman–Crippen MR) is 79.4 cm³/mol. The molecule has 1 heterocycles. The molecule has 1 atom stereocenters. The number of sulfone groups is 1. The molecular weight excluding hydrogens is 274 g/mol. The molecule has 1 unspecified atom stereocenters. The third-order valence-corrected chi connectivity index (χ3v) is 5.06. The summed E-state index contributed by atoms with van der Waals surface area (Å²) in [5, 5.41) is 9.89. The molecule has 2 aromatic rings. The normalized spacial score (nSPS) is 13.1. The predicted octanol–water partition coefficient (Wildman–Crippen LogP) is 2.77.